The van der Waals surface area contributed by atoms with Gasteiger partial charge in [0.15, 0.2) is 15.5 Å². The number of thioether (sulfide) groups is 3. The van der Waals surface area contributed by atoms with Crippen molar-refractivity contribution >= 4 is 53.0 Å². The lowest BCUT2D eigenvalue weighted by atomic mass is 9.98. The molecule has 1 unspecified atom stereocenters. The third kappa shape index (κ3) is 29.5. The Morgan fingerprint density at radius 3 is 1.12 bits per heavy atom. The number of amides is 3. The molecule has 0 saturated carbocycles. The minimum Gasteiger partial charge on any atom is -0.336 e. The molecule has 0 aliphatic heterocycles. The summed E-state index contributed by atoms with van der Waals surface area (Å²) in [6, 6.07) is -9.55. The Hall–Kier alpha value is -11.9. The lowest BCUT2D eigenvalue weighted by molar-refractivity contribution is -0.138. The average molecular weight is 2090 g/mol. The number of fused-ring (bicyclic) bond motifs is 3. The lowest BCUT2D eigenvalue weighted by Gasteiger charge is -2.28. The molecule has 1 atom stereocenters. The topological polar surface area (TPSA) is 175 Å². The van der Waals surface area contributed by atoms with Crippen LogP contribution in [-0.4, -0.2) is 154 Å². The van der Waals surface area contributed by atoms with Gasteiger partial charge in [0.2, 0.25) is 17.7 Å². The van der Waals surface area contributed by atoms with Gasteiger partial charge >= 0.3 is 18.5 Å². The van der Waals surface area contributed by atoms with E-state index >= 15 is 9.59 Å². The molecular weight excluding hydrogens is 1910 g/mol. The number of aromatic nitrogens is 6. The first-order valence-corrected chi connectivity index (χ1v) is 44.3. The van der Waals surface area contributed by atoms with Crippen LogP contribution in [-0.2, 0) is 128 Å². The zero-order chi connectivity index (χ0) is 156. The summed E-state index contributed by atoms with van der Waals surface area (Å²) in [5.41, 5.74) is -29.7. The molecule has 15 rings (SSSR count). The summed E-state index contributed by atoms with van der Waals surface area (Å²) >= 11 is -0.368. The molecule has 143 heavy (non-hydrogen) atoms. The Morgan fingerprint density at radius 1 is 0.385 bits per heavy atom. The van der Waals surface area contributed by atoms with Crippen LogP contribution in [0.25, 0.3) is 33.4 Å². The summed E-state index contributed by atoms with van der Waals surface area (Å²) < 4.78 is 688. The first-order valence-electron chi connectivity index (χ1n) is 71.9. The first-order chi connectivity index (χ1) is 91.3. The van der Waals surface area contributed by atoms with Gasteiger partial charge in [-0.25, -0.2) is 13.2 Å². The molecule has 0 fully saturated rings. The maximum Gasteiger partial charge on any atom is 0.416 e. The van der Waals surface area contributed by atoms with Crippen molar-refractivity contribution in [2.24, 2.45) is 5.89 Å². The SMILES string of the molecule is [2H]c1c([2H])c(-c2c([2H])c([2H])c(C(F)(F)F)c(C)c2[2H])c([2H])c([2H])c1CN(C(=O)C([2H])([2H])n1c(SC([2H])([2H])c2ccc(F)cc2)nc(=O)c2c1CCC2)C([2H])([2H])C([2H])([2H])N(C([2H])([2H])C)C([2H])([2H])C.[2H]c1c([2H])c(-c2c([2H])c([2H])c(C(F)(F)F)c([2H])c2[2H])c([2H])c([2H])c1CN(C(=O)C([2H])([2H])n1c(SC([2H])([2H])c2ccc(F)cc2)nc(=O)c2c1C([2H])([2H])C([2H])(C)C2([2H])[2H])C([2H])([2H])C([2H])([2H])N(C([2H])([2H])C)C([2H])([2H])C.[2H]c1c([2H])c(C([2H])([2H])Sc2nc(=O)c3c(n2C([2H])([2H])C(=O)N(Cc2ccc(-c4ccc(C(F)(F)F)cc4)cc2)C([2H])([2H])C([2H])([2H])N(C([2H])([2H])C)C([2H])([2H])C)CCC3)c([2H])c([2H])c1F. The second-order valence-corrected chi connectivity index (χ2v) is 31.9. The molecule has 12 aromatic rings. The molecule has 3 aliphatic carbocycles. The summed E-state index contributed by atoms with van der Waals surface area (Å²) in [4.78, 5) is 95.5. The Bertz CT molecular complexity index is 9720. The van der Waals surface area contributed by atoms with E-state index in [1.165, 1.54) is 36.4 Å². The van der Waals surface area contributed by atoms with Crippen LogP contribution in [0.1, 0.15) is 233 Å². The van der Waals surface area contributed by atoms with Crippen LogP contribution in [0.15, 0.2) is 242 Å². The highest BCUT2D eigenvalue weighted by atomic mass is 32.2. The molecule has 0 radical (unpaired) electrons. The van der Waals surface area contributed by atoms with Crippen molar-refractivity contribution in [3.63, 3.8) is 0 Å². The smallest absolute Gasteiger partial charge is 0.336 e. The highest BCUT2D eigenvalue weighted by molar-refractivity contribution is 7.98. The van der Waals surface area contributed by atoms with Gasteiger partial charge in [0.25, 0.3) is 16.7 Å². The molecule has 3 amide bonds. The first kappa shape index (κ1) is 53.8. The summed E-state index contributed by atoms with van der Waals surface area (Å²) in [7, 11) is 0. The summed E-state index contributed by atoms with van der Waals surface area (Å²) in [5, 5.41) is -3.16. The number of nitrogens with zero attached hydrogens (tertiary/aromatic N) is 12. The fraction of sp³-hybridized carbons (Fsp3) is 0.373. The second-order valence-electron chi connectivity index (χ2n) is 29.6. The third-order valence-corrected chi connectivity index (χ3v) is 22.4. The highest BCUT2D eigenvalue weighted by Crippen LogP contribution is 2.39. The average Bonchev–Trinajstić information content (AvgIpc) is 1.51. The predicted octanol–water partition coefficient (Wildman–Crippen LogP) is 22.2. The molecule has 9 aromatic carbocycles. The van der Waals surface area contributed by atoms with Gasteiger partial charge in [-0.2, -0.15) is 54.5 Å². The quantitative estimate of drug-likeness (QED) is 0.0202. The molecule has 18 nitrogen and oxygen atoms in total. The Morgan fingerprint density at radius 2 is 0.727 bits per heavy atom. The zero-order valence-corrected chi connectivity index (χ0v) is 78.1. The maximum atomic E-state index is 15.4. The van der Waals surface area contributed by atoms with E-state index in [4.69, 9.17) is 68.5 Å². The normalized spacial score (nSPS) is 22.5. The van der Waals surface area contributed by atoms with Crippen LogP contribution in [0.2, 0.25) is 0 Å². The van der Waals surface area contributed by atoms with E-state index in [-0.39, 0.29) is 132 Å². The molecule has 3 aromatic heterocycles. The van der Waals surface area contributed by atoms with Crippen LogP contribution in [0.4, 0.5) is 52.7 Å². The Labute approximate surface area is 922 Å². The third-order valence-electron chi connectivity index (χ3n) is 20.0. The fourth-order valence-corrected chi connectivity index (χ4v) is 15.2. The number of carbonyl (C=O) groups is 3. The summed E-state index contributed by atoms with van der Waals surface area (Å²) in [5.74, 6) is -13.1. The molecular formula is C110H118F12N12O6S3. The summed E-state index contributed by atoms with van der Waals surface area (Å²) in [6.45, 7) is -55.1. The number of alkyl halides is 9. The number of benzene rings is 9. The highest BCUT2D eigenvalue weighted by Gasteiger charge is 2.36. The van der Waals surface area contributed by atoms with Crippen molar-refractivity contribution < 1.29 is 149 Å². The van der Waals surface area contributed by atoms with Gasteiger partial charge < -0.3 is 43.1 Å². The number of likely N-dealkylation sites (N-methyl/N-ethyl adjacent to an activating group) is 3. The van der Waals surface area contributed by atoms with Gasteiger partial charge in [0, 0.05) is 149 Å². The fourth-order valence-electron chi connectivity index (χ4n) is 13.1. The molecule has 756 valence electrons. The zero-order valence-electron chi connectivity index (χ0n) is 136. The van der Waals surface area contributed by atoms with Gasteiger partial charge in [-0.05, 0) is 242 Å². The van der Waals surface area contributed by atoms with Crippen LogP contribution in [0.5, 0.6) is 0 Å². The Kier molecular flexibility index (Phi) is 18.8. The standard InChI is InChI=1S/2C37H40F4N4O2S.C36H38F4N4O2S/c1-4-43(5-2)18-19-44(22-26-6-10-28(11-7-26)29-12-14-30(15-13-29)37(39,40)41)34(46)23-45-33-21-25(3)20-32(33)35(47)42-36(45)48-24-27-8-16-31(38)17-9-27;1-4-43(5-2)19-20-44(22-26-9-13-28(14-10-26)29-15-18-32(25(3)21-29)37(39,40)41)34(46)23-45-33-8-6-7-31(33)35(47)42-36(45)48-24-27-11-16-30(38)17-12-27;1-3-42(4-2)20-21-43(22-25-8-12-27(13-9-25)28-14-16-29(17-15-28)36(38,39)40)33(45)23-44-32-7-5-6-31(32)34(46)41-35(44)47-24-26-10-18-30(37)19-11-26/h6-17,25H,4-5,18-24H2,1-3H3;9-18,21H,4-8,19-20,22-24H2,1-3H3;8-19H,3-7,20-24H2,1-2H3/i4D2,5D2,6D,7D,10D,11D,12D,13D,14D,15D,18D2,19D2,20D2,21D2,23D2,24D2,25D;4D2,5D2,9D,10D,13D,14D,15D,18D,19D2,20D2,21D,23D2,24D2;3D2,4D2,10D,11D,18D,19D,20D2,21D2,23D2,24D2. The van der Waals surface area contributed by atoms with Crippen molar-refractivity contribution in [2.75, 3.05) is 78.0 Å². The molecule has 3 aliphatic rings. The van der Waals surface area contributed by atoms with E-state index in [0.29, 0.717) is 54.9 Å². The largest absolute Gasteiger partial charge is 0.416 e. The van der Waals surface area contributed by atoms with E-state index in [1.807, 2.05) is 0 Å². The Balaban J connectivity index is 0.000000245. The number of carbonyl (C=O) groups excluding carboxylic acids is 3. The van der Waals surface area contributed by atoms with E-state index in [0.717, 1.165) is 81.4 Å². The number of hydrogen-bond acceptors (Lipinski definition) is 15. The van der Waals surface area contributed by atoms with E-state index < -0.39 is 441 Å². The minimum atomic E-state index is -5.49. The van der Waals surface area contributed by atoms with Crippen molar-refractivity contribution in [3.8, 4) is 33.4 Å². The molecule has 3 heterocycles. The van der Waals surface area contributed by atoms with Gasteiger partial charge in [-0.15, -0.1) is 0 Å². The van der Waals surface area contributed by atoms with Crippen LogP contribution in [0.3, 0.4) is 0 Å². The van der Waals surface area contributed by atoms with Gasteiger partial charge in [0.05, 0.1) is 59.2 Å². The molecule has 0 N–H and O–H groups in total. The van der Waals surface area contributed by atoms with Crippen LogP contribution >= 0.6 is 35.3 Å². The predicted molar refractivity (Wildman–Crippen MR) is 539 cm³/mol. The summed E-state index contributed by atoms with van der Waals surface area (Å²) in [6.07, 6.45) is -22.5. The van der Waals surface area contributed by atoms with Gasteiger partial charge in [-0.1, -0.05) is 229 Å². The van der Waals surface area contributed by atoms with Crippen LogP contribution in [0, 0.1) is 30.3 Å². The maximum absolute atomic E-state index is 15.4. The van der Waals surface area contributed by atoms with E-state index in [2.05, 4.69) is 15.0 Å². The number of rotatable bonds is 39. The van der Waals surface area contributed by atoms with Gasteiger partial charge in [0.1, 0.15) is 36.9 Å². The van der Waals surface area contributed by atoms with Crippen molar-refractivity contribution in [1.82, 2.24) is 58.1 Å². The van der Waals surface area contributed by atoms with Crippen molar-refractivity contribution in [1.29, 1.82) is 0 Å². The van der Waals surface area contributed by atoms with E-state index in [1.54, 1.807) is 0 Å². The molecule has 0 saturated heterocycles. The van der Waals surface area contributed by atoms with Crippen molar-refractivity contribution in [3.05, 3.63) is 350 Å². The second kappa shape index (κ2) is 50.1. The van der Waals surface area contributed by atoms with E-state index in [9.17, 15) is 85.6 Å². The lowest BCUT2D eigenvalue weighted by Crippen LogP contribution is -2.40. The molecule has 33 heteroatoms. The van der Waals surface area contributed by atoms with Crippen molar-refractivity contribution in [2.45, 2.75) is 197 Å². The minimum absolute atomic E-state index is 0.0100. The molecule has 0 spiro atoms. The monoisotopic (exact) mass is 2090 g/mol. The number of hydrogen-bond donors (Lipinski definition) is 0. The number of halogens is 12. The molecule has 0 bridgehead atoms. The van der Waals surface area contributed by atoms with Crippen LogP contribution < -0.4 is 16.7 Å². The van der Waals surface area contributed by atoms with Gasteiger partial charge in [-0.3, -0.25) is 28.8 Å².